The Labute approximate surface area is 155 Å². The summed E-state index contributed by atoms with van der Waals surface area (Å²) in [6, 6.07) is 11.8. The Morgan fingerprint density at radius 3 is 2.42 bits per heavy atom. The highest BCUT2D eigenvalue weighted by Crippen LogP contribution is 2.46. The van der Waals surface area contributed by atoms with Crippen LogP contribution in [0.25, 0.3) is 0 Å². The maximum atomic E-state index is 13.3. The number of H-pyrrole nitrogens is 1. The summed E-state index contributed by atoms with van der Waals surface area (Å²) in [5.74, 6) is 1.25. The van der Waals surface area contributed by atoms with Crippen molar-refractivity contribution < 1.29 is 4.79 Å². The van der Waals surface area contributed by atoms with Gasteiger partial charge >= 0.3 is 0 Å². The predicted molar refractivity (Wildman–Crippen MR) is 102 cm³/mol. The SMILES string of the molecule is Cc1ccc([C@H]2CN(C(=O)c3cc(C)c[nH]3)[C@@H]3C4CCN(CC4)[C@H]23)cc1. The average molecular weight is 349 g/mol. The van der Waals surface area contributed by atoms with E-state index in [9.17, 15) is 4.79 Å². The van der Waals surface area contributed by atoms with E-state index in [0.717, 1.165) is 17.8 Å². The van der Waals surface area contributed by atoms with Gasteiger partial charge in [-0.15, -0.1) is 0 Å². The second-order valence-corrected chi connectivity index (χ2v) is 8.42. The Bertz CT molecular complexity index is 816. The van der Waals surface area contributed by atoms with Gasteiger partial charge in [0.15, 0.2) is 0 Å². The monoisotopic (exact) mass is 349 g/mol. The first-order chi connectivity index (χ1) is 12.6. The molecule has 1 N–H and O–H groups in total. The molecule has 2 bridgehead atoms. The van der Waals surface area contributed by atoms with Gasteiger partial charge in [-0.1, -0.05) is 29.8 Å². The van der Waals surface area contributed by atoms with Crippen molar-refractivity contribution in [1.29, 1.82) is 0 Å². The van der Waals surface area contributed by atoms with Gasteiger partial charge in [-0.05, 0) is 62.9 Å². The number of nitrogens with one attached hydrogen (secondary N) is 1. The third kappa shape index (κ3) is 2.43. The highest BCUT2D eigenvalue weighted by molar-refractivity contribution is 5.93. The first-order valence-electron chi connectivity index (χ1n) is 9.88. The number of piperidine rings is 3. The minimum Gasteiger partial charge on any atom is -0.357 e. The first-order valence-corrected chi connectivity index (χ1v) is 9.88. The second-order valence-electron chi connectivity index (χ2n) is 8.42. The highest BCUT2D eigenvalue weighted by Gasteiger charge is 2.54. The van der Waals surface area contributed by atoms with E-state index in [1.54, 1.807) is 0 Å². The number of nitrogens with zero attached hydrogens (tertiary/aromatic N) is 2. The number of carbonyl (C=O) groups is 1. The van der Waals surface area contributed by atoms with Gasteiger partial charge in [-0.3, -0.25) is 9.69 Å². The molecule has 4 aliphatic heterocycles. The molecule has 0 unspecified atom stereocenters. The van der Waals surface area contributed by atoms with Crippen LogP contribution in [-0.2, 0) is 0 Å². The van der Waals surface area contributed by atoms with Gasteiger partial charge in [0, 0.05) is 24.7 Å². The smallest absolute Gasteiger partial charge is 0.270 e. The molecule has 0 radical (unpaired) electrons. The summed E-state index contributed by atoms with van der Waals surface area (Å²) in [4.78, 5) is 21.3. The van der Waals surface area contributed by atoms with Crippen LogP contribution >= 0.6 is 0 Å². The minimum absolute atomic E-state index is 0.177. The lowest BCUT2D eigenvalue weighted by Crippen LogP contribution is -2.60. The number of carbonyl (C=O) groups excluding carboxylic acids is 1. The van der Waals surface area contributed by atoms with Crippen molar-refractivity contribution in [1.82, 2.24) is 14.8 Å². The zero-order chi connectivity index (χ0) is 17.8. The van der Waals surface area contributed by atoms with Crippen LogP contribution in [0.5, 0.6) is 0 Å². The third-order valence-corrected chi connectivity index (χ3v) is 6.82. The van der Waals surface area contributed by atoms with Crippen LogP contribution in [0.15, 0.2) is 36.5 Å². The van der Waals surface area contributed by atoms with Crippen LogP contribution in [0.2, 0.25) is 0 Å². The number of hydrogen-bond acceptors (Lipinski definition) is 2. The van der Waals surface area contributed by atoms with E-state index < -0.39 is 0 Å². The number of benzene rings is 1. The van der Waals surface area contributed by atoms with Gasteiger partial charge in [0.05, 0.1) is 6.04 Å². The molecule has 1 aromatic carbocycles. The Morgan fingerprint density at radius 2 is 1.77 bits per heavy atom. The Hall–Kier alpha value is -2.07. The second kappa shape index (κ2) is 5.98. The quantitative estimate of drug-likeness (QED) is 0.903. The summed E-state index contributed by atoms with van der Waals surface area (Å²) < 4.78 is 0. The molecule has 136 valence electrons. The van der Waals surface area contributed by atoms with Gasteiger partial charge < -0.3 is 9.88 Å². The molecule has 4 fully saturated rings. The average Bonchev–Trinajstić information content (AvgIpc) is 3.28. The van der Waals surface area contributed by atoms with E-state index in [1.807, 2.05) is 19.2 Å². The molecule has 0 aliphatic carbocycles. The number of aromatic nitrogens is 1. The highest BCUT2D eigenvalue weighted by atomic mass is 16.2. The zero-order valence-corrected chi connectivity index (χ0v) is 15.6. The van der Waals surface area contributed by atoms with Crippen LogP contribution in [-0.4, -0.2) is 52.4 Å². The molecule has 0 spiro atoms. The predicted octanol–water partition coefficient (Wildman–Crippen LogP) is 3.33. The number of aromatic amines is 1. The fraction of sp³-hybridized carbons (Fsp3) is 0.500. The van der Waals surface area contributed by atoms with E-state index in [0.29, 0.717) is 23.9 Å². The van der Waals surface area contributed by atoms with E-state index in [2.05, 4.69) is 46.0 Å². The van der Waals surface area contributed by atoms with Gasteiger partial charge in [-0.2, -0.15) is 0 Å². The van der Waals surface area contributed by atoms with E-state index in [-0.39, 0.29) is 5.91 Å². The van der Waals surface area contributed by atoms with Crippen LogP contribution in [0.1, 0.15) is 45.9 Å². The number of hydrogen-bond donors (Lipinski definition) is 1. The summed E-state index contributed by atoms with van der Waals surface area (Å²) in [6.07, 6.45) is 4.39. The molecule has 4 nitrogen and oxygen atoms in total. The van der Waals surface area contributed by atoms with Crippen LogP contribution < -0.4 is 0 Å². The van der Waals surface area contributed by atoms with Crippen molar-refractivity contribution >= 4 is 5.91 Å². The number of rotatable bonds is 2. The molecular formula is C22H27N3O. The summed E-state index contributed by atoms with van der Waals surface area (Å²) >= 11 is 0. The molecule has 0 saturated carbocycles. The molecule has 1 amide bonds. The molecule has 5 heterocycles. The lowest BCUT2D eigenvalue weighted by Gasteiger charge is -2.51. The zero-order valence-electron chi connectivity index (χ0n) is 15.6. The van der Waals surface area contributed by atoms with Crippen molar-refractivity contribution in [2.24, 2.45) is 5.92 Å². The standard InChI is InChI=1S/C22H27N3O/c1-14-3-5-16(6-4-14)18-13-25(22(26)19-11-15(2)12-23-19)20-17-7-9-24(10-8-17)21(18)20/h3-6,11-12,17-18,20-21,23H,7-10,13H2,1-2H3/t18-,20-,21-/m1/s1. The largest absolute Gasteiger partial charge is 0.357 e. The lowest BCUT2D eigenvalue weighted by molar-refractivity contribution is -0.00356. The van der Waals surface area contributed by atoms with Crippen molar-refractivity contribution in [3.05, 3.63) is 58.9 Å². The Morgan fingerprint density at radius 1 is 1.04 bits per heavy atom. The molecule has 4 aliphatic rings. The maximum absolute atomic E-state index is 13.3. The number of amides is 1. The Balaban J connectivity index is 1.52. The molecule has 26 heavy (non-hydrogen) atoms. The Kier molecular flexibility index (Phi) is 3.71. The topological polar surface area (TPSA) is 39.3 Å². The molecular weight excluding hydrogens is 322 g/mol. The summed E-state index contributed by atoms with van der Waals surface area (Å²) in [5, 5.41) is 0. The molecule has 4 saturated heterocycles. The van der Waals surface area contributed by atoms with Gasteiger partial charge in [0.25, 0.3) is 5.91 Å². The maximum Gasteiger partial charge on any atom is 0.270 e. The normalized spacial score (nSPS) is 32.7. The molecule has 6 rings (SSSR count). The third-order valence-electron chi connectivity index (χ3n) is 6.82. The summed E-state index contributed by atoms with van der Waals surface area (Å²) in [7, 11) is 0. The van der Waals surface area contributed by atoms with Crippen molar-refractivity contribution in [2.75, 3.05) is 19.6 Å². The fourth-order valence-electron chi connectivity index (χ4n) is 5.54. The van der Waals surface area contributed by atoms with Crippen molar-refractivity contribution in [3.63, 3.8) is 0 Å². The first kappa shape index (κ1) is 16.1. The van der Waals surface area contributed by atoms with E-state index >= 15 is 0 Å². The number of aryl methyl sites for hydroxylation is 2. The van der Waals surface area contributed by atoms with Gasteiger partial charge in [0.2, 0.25) is 0 Å². The summed E-state index contributed by atoms with van der Waals surface area (Å²) in [5.41, 5.74) is 4.54. The minimum atomic E-state index is 0.177. The van der Waals surface area contributed by atoms with Crippen molar-refractivity contribution in [3.8, 4) is 0 Å². The number of fused-ring (bicyclic) bond motifs is 2. The van der Waals surface area contributed by atoms with Crippen LogP contribution in [0.4, 0.5) is 0 Å². The van der Waals surface area contributed by atoms with E-state index in [4.69, 9.17) is 0 Å². The fourth-order valence-corrected chi connectivity index (χ4v) is 5.54. The van der Waals surface area contributed by atoms with Gasteiger partial charge in [0.1, 0.15) is 5.69 Å². The van der Waals surface area contributed by atoms with Gasteiger partial charge in [-0.25, -0.2) is 0 Å². The molecule has 1 aromatic heterocycles. The summed E-state index contributed by atoms with van der Waals surface area (Å²) in [6.45, 7) is 7.39. The van der Waals surface area contributed by atoms with Crippen molar-refractivity contribution in [2.45, 2.75) is 44.7 Å². The molecule has 4 heteroatoms. The number of likely N-dealkylation sites (tertiary alicyclic amines) is 1. The molecule has 2 aromatic rings. The molecule has 3 atom stereocenters. The van der Waals surface area contributed by atoms with Crippen LogP contribution in [0, 0.1) is 19.8 Å². The van der Waals surface area contributed by atoms with E-state index in [1.165, 1.54) is 37.1 Å². The lowest BCUT2D eigenvalue weighted by atomic mass is 9.75. The van der Waals surface area contributed by atoms with Crippen LogP contribution in [0.3, 0.4) is 0 Å².